The van der Waals surface area contributed by atoms with Crippen molar-refractivity contribution in [1.29, 1.82) is 0 Å². The van der Waals surface area contributed by atoms with Gasteiger partial charge in [0, 0.05) is 29.9 Å². The Kier molecular flexibility index (Phi) is 5.66. The highest BCUT2D eigenvalue weighted by Crippen LogP contribution is 2.28. The average molecular weight is 401 g/mol. The van der Waals surface area contributed by atoms with Crippen LogP contribution in [-0.4, -0.2) is 30.1 Å². The quantitative estimate of drug-likeness (QED) is 0.489. The first-order valence-corrected chi connectivity index (χ1v) is 9.67. The maximum atomic E-state index is 12.6. The van der Waals surface area contributed by atoms with Gasteiger partial charge in [0.2, 0.25) is 5.91 Å². The first-order chi connectivity index (χ1) is 14.7. The summed E-state index contributed by atoms with van der Waals surface area (Å²) in [7, 11) is 3.19. The van der Waals surface area contributed by atoms with Crippen LogP contribution >= 0.6 is 0 Å². The molecule has 0 atom stereocenters. The number of ether oxygens (including phenoxy) is 2. The Bertz CT molecular complexity index is 1170. The Hall–Kier alpha value is -3.80. The van der Waals surface area contributed by atoms with Crippen LogP contribution in [0.5, 0.6) is 11.5 Å². The van der Waals surface area contributed by atoms with Crippen LogP contribution in [0.25, 0.3) is 22.2 Å². The number of benzene rings is 2. The Morgan fingerprint density at radius 2 is 1.80 bits per heavy atom. The molecule has 2 aromatic carbocycles. The second kappa shape index (κ2) is 8.69. The fraction of sp³-hybridized carbons (Fsp3) is 0.167. The van der Waals surface area contributed by atoms with E-state index in [1.807, 2.05) is 60.9 Å². The van der Waals surface area contributed by atoms with Gasteiger partial charge in [-0.25, -0.2) is 4.98 Å². The minimum Gasteiger partial charge on any atom is -0.493 e. The molecular formula is C24H23N3O3. The SMILES string of the molecule is COc1ccc(CNC(=O)Cc2c[nH]c3ncc(-c4ccccc4)cc23)cc1OC. The maximum absolute atomic E-state index is 12.6. The summed E-state index contributed by atoms with van der Waals surface area (Å²) >= 11 is 0. The minimum absolute atomic E-state index is 0.0594. The van der Waals surface area contributed by atoms with E-state index >= 15 is 0 Å². The van der Waals surface area contributed by atoms with E-state index in [0.717, 1.165) is 33.3 Å². The second-order valence-electron chi connectivity index (χ2n) is 6.94. The largest absolute Gasteiger partial charge is 0.493 e. The summed E-state index contributed by atoms with van der Waals surface area (Å²) in [5, 5.41) is 3.92. The van der Waals surface area contributed by atoms with Crippen LogP contribution in [-0.2, 0) is 17.8 Å². The van der Waals surface area contributed by atoms with Gasteiger partial charge in [0.1, 0.15) is 5.65 Å². The number of hydrogen-bond donors (Lipinski definition) is 2. The zero-order valence-corrected chi connectivity index (χ0v) is 16.9. The van der Waals surface area contributed by atoms with Crippen molar-refractivity contribution in [2.24, 2.45) is 0 Å². The summed E-state index contributed by atoms with van der Waals surface area (Å²) in [6.45, 7) is 0.412. The number of H-pyrrole nitrogens is 1. The van der Waals surface area contributed by atoms with Gasteiger partial charge in [0.15, 0.2) is 11.5 Å². The topological polar surface area (TPSA) is 76.2 Å². The van der Waals surface area contributed by atoms with Crippen molar-refractivity contribution in [1.82, 2.24) is 15.3 Å². The molecule has 1 amide bonds. The van der Waals surface area contributed by atoms with Gasteiger partial charge in [-0.1, -0.05) is 36.4 Å². The zero-order chi connectivity index (χ0) is 20.9. The number of pyridine rings is 1. The molecule has 0 spiro atoms. The molecule has 6 heteroatoms. The van der Waals surface area contributed by atoms with E-state index < -0.39 is 0 Å². The van der Waals surface area contributed by atoms with E-state index in [9.17, 15) is 4.79 Å². The van der Waals surface area contributed by atoms with Crippen molar-refractivity contribution in [3.05, 3.63) is 78.1 Å². The highest BCUT2D eigenvalue weighted by Gasteiger charge is 2.12. The van der Waals surface area contributed by atoms with Gasteiger partial charge in [-0.05, 0) is 34.9 Å². The lowest BCUT2D eigenvalue weighted by Gasteiger charge is -2.10. The lowest BCUT2D eigenvalue weighted by molar-refractivity contribution is -0.120. The second-order valence-corrected chi connectivity index (χ2v) is 6.94. The molecule has 30 heavy (non-hydrogen) atoms. The fourth-order valence-electron chi connectivity index (χ4n) is 3.42. The van der Waals surface area contributed by atoms with E-state index in [1.165, 1.54) is 0 Å². The molecule has 0 saturated heterocycles. The number of nitrogens with one attached hydrogen (secondary N) is 2. The summed E-state index contributed by atoms with van der Waals surface area (Å²) in [4.78, 5) is 20.2. The van der Waals surface area contributed by atoms with E-state index in [4.69, 9.17) is 9.47 Å². The lowest BCUT2D eigenvalue weighted by Crippen LogP contribution is -2.24. The van der Waals surface area contributed by atoms with Crippen molar-refractivity contribution in [3.8, 4) is 22.6 Å². The van der Waals surface area contributed by atoms with Crippen molar-refractivity contribution in [2.75, 3.05) is 14.2 Å². The van der Waals surface area contributed by atoms with Gasteiger partial charge in [-0.3, -0.25) is 4.79 Å². The number of rotatable bonds is 7. The minimum atomic E-state index is -0.0594. The van der Waals surface area contributed by atoms with Crippen LogP contribution in [0.15, 0.2) is 67.0 Å². The molecule has 6 nitrogen and oxygen atoms in total. The molecule has 4 rings (SSSR count). The molecule has 0 saturated carbocycles. The third kappa shape index (κ3) is 4.12. The number of fused-ring (bicyclic) bond motifs is 1. The van der Waals surface area contributed by atoms with Gasteiger partial charge >= 0.3 is 0 Å². The number of nitrogens with zero attached hydrogens (tertiary/aromatic N) is 1. The molecule has 0 fully saturated rings. The highest BCUT2D eigenvalue weighted by atomic mass is 16.5. The average Bonchev–Trinajstić information content (AvgIpc) is 3.19. The molecule has 2 aromatic heterocycles. The molecule has 0 aliphatic rings. The first kappa shape index (κ1) is 19.5. The molecule has 2 heterocycles. The van der Waals surface area contributed by atoms with Gasteiger partial charge in [0.25, 0.3) is 0 Å². The standard InChI is InChI=1S/C24H23N3O3/c1-29-21-9-8-16(10-22(21)30-2)13-25-23(28)12-19-15-27-24-20(19)11-18(14-26-24)17-6-4-3-5-7-17/h3-11,14-15H,12-13H2,1-2H3,(H,25,28)(H,26,27). The van der Waals surface area contributed by atoms with E-state index in [1.54, 1.807) is 14.2 Å². The molecule has 152 valence electrons. The number of carbonyl (C=O) groups excluding carboxylic acids is 1. The summed E-state index contributed by atoms with van der Waals surface area (Å²) in [5.74, 6) is 1.24. The molecule has 0 radical (unpaired) electrons. The predicted molar refractivity (Wildman–Crippen MR) is 117 cm³/mol. The van der Waals surface area contributed by atoms with Gasteiger partial charge in [-0.2, -0.15) is 0 Å². The fourth-order valence-corrected chi connectivity index (χ4v) is 3.42. The van der Waals surface area contributed by atoms with Crippen LogP contribution < -0.4 is 14.8 Å². The zero-order valence-electron chi connectivity index (χ0n) is 16.9. The number of aromatic amines is 1. The molecule has 0 unspecified atom stereocenters. The molecular weight excluding hydrogens is 378 g/mol. The predicted octanol–water partition coefficient (Wildman–Crippen LogP) is 4.11. The smallest absolute Gasteiger partial charge is 0.224 e. The highest BCUT2D eigenvalue weighted by molar-refractivity contribution is 5.89. The lowest BCUT2D eigenvalue weighted by atomic mass is 10.0. The Balaban J connectivity index is 1.47. The molecule has 2 N–H and O–H groups in total. The Morgan fingerprint density at radius 1 is 1.00 bits per heavy atom. The summed E-state index contributed by atoms with van der Waals surface area (Å²) in [5.41, 5.74) is 4.75. The summed E-state index contributed by atoms with van der Waals surface area (Å²) < 4.78 is 10.6. The van der Waals surface area contributed by atoms with Crippen LogP contribution in [0.2, 0.25) is 0 Å². The van der Waals surface area contributed by atoms with E-state index in [-0.39, 0.29) is 12.3 Å². The van der Waals surface area contributed by atoms with Gasteiger partial charge < -0.3 is 19.8 Å². The van der Waals surface area contributed by atoms with Crippen LogP contribution in [0.3, 0.4) is 0 Å². The summed E-state index contributed by atoms with van der Waals surface area (Å²) in [6.07, 6.45) is 3.96. The van der Waals surface area contributed by atoms with Crippen LogP contribution in [0, 0.1) is 0 Å². The normalized spacial score (nSPS) is 10.7. The number of amides is 1. The number of carbonyl (C=O) groups is 1. The van der Waals surface area contributed by atoms with Gasteiger partial charge in [0.05, 0.1) is 20.6 Å². The Labute approximate surface area is 174 Å². The van der Waals surface area contributed by atoms with Crippen molar-refractivity contribution >= 4 is 16.9 Å². The first-order valence-electron chi connectivity index (χ1n) is 9.67. The number of aromatic nitrogens is 2. The van der Waals surface area contributed by atoms with E-state index in [0.29, 0.717) is 18.0 Å². The molecule has 0 bridgehead atoms. The Morgan fingerprint density at radius 3 is 2.57 bits per heavy atom. The van der Waals surface area contributed by atoms with Crippen molar-refractivity contribution in [2.45, 2.75) is 13.0 Å². The van der Waals surface area contributed by atoms with Crippen LogP contribution in [0.1, 0.15) is 11.1 Å². The third-order valence-corrected chi connectivity index (χ3v) is 5.01. The third-order valence-electron chi connectivity index (χ3n) is 5.01. The molecule has 0 aliphatic heterocycles. The van der Waals surface area contributed by atoms with E-state index in [2.05, 4.69) is 21.4 Å². The van der Waals surface area contributed by atoms with Crippen LogP contribution in [0.4, 0.5) is 0 Å². The maximum Gasteiger partial charge on any atom is 0.224 e. The van der Waals surface area contributed by atoms with Crippen molar-refractivity contribution in [3.63, 3.8) is 0 Å². The van der Waals surface area contributed by atoms with Crippen molar-refractivity contribution < 1.29 is 14.3 Å². The summed E-state index contributed by atoms with van der Waals surface area (Å²) in [6, 6.07) is 17.8. The number of methoxy groups -OCH3 is 2. The van der Waals surface area contributed by atoms with Gasteiger partial charge in [-0.15, -0.1) is 0 Å². The molecule has 0 aliphatic carbocycles. The number of hydrogen-bond acceptors (Lipinski definition) is 4. The monoisotopic (exact) mass is 401 g/mol. The molecule has 4 aromatic rings.